The zero-order valence-corrected chi connectivity index (χ0v) is 11.5. The van der Waals surface area contributed by atoms with Crippen LogP contribution in [0.1, 0.15) is 23.2 Å². The van der Waals surface area contributed by atoms with Crippen molar-refractivity contribution in [3.63, 3.8) is 0 Å². The molecule has 0 saturated carbocycles. The molecule has 1 aromatic rings. The molecule has 2 rings (SSSR count). The van der Waals surface area contributed by atoms with Crippen LogP contribution in [-0.2, 0) is 4.74 Å². The van der Waals surface area contributed by atoms with Gasteiger partial charge in [-0.05, 0) is 44.1 Å². The van der Waals surface area contributed by atoms with E-state index in [1.54, 1.807) is 6.07 Å². The van der Waals surface area contributed by atoms with E-state index < -0.39 is 5.82 Å². The first-order chi connectivity index (χ1) is 8.66. The summed E-state index contributed by atoms with van der Waals surface area (Å²) in [7, 11) is 0. The van der Waals surface area contributed by atoms with Crippen LogP contribution in [0, 0.1) is 5.82 Å². The number of rotatable bonds is 4. The maximum atomic E-state index is 13.5. The highest BCUT2D eigenvalue weighted by molar-refractivity contribution is 9.10. The molecule has 0 amide bonds. The molecule has 1 heterocycles. The number of benzene rings is 1. The molecule has 5 heteroatoms. The zero-order valence-electron chi connectivity index (χ0n) is 9.92. The van der Waals surface area contributed by atoms with Gasteiger partial charge in [-0.1, -0.05) is 15.9 Å². The molecule has 98 valence electrons. The molecular weight excluding hydrogens is 301 g/mol. The Labute approximate surface area is 114 Å². The molecule has 0 spiro atoms. The van der Waals surface area contributed by atoms with E-state index in [0.717, 1.165) is 25.9 Å². The molecule has 0 aromatic heterocycles. The molecule has 18 heavy (non-hydrogen) atoms. The Hall–Kier alpha value is -0.780. The maximum Gasteiger partial charge on any atom is 0.191 e. The van der Waals surface area contributed by atoms with E-state index in [1.165, 1.54) is 12.1 Å². The minimum atomic E-state index is -0.503. The average Bonchev–Trinajstić information content (AvgIpc) is 2.40. The minimum absolute atomic E-state index is 0.0575. The summed E-state index contributed by atoms with van der Waals surface area (Å²) in [6.07, 6.45) is 1.90. The first-order valence-corrected chi connectivity index (χ1v) is 6.76. The monoisotopic (exact) mass is 315 g/mol. The van der Waals surface area contributed by atoms with Crippen molar-refractivity contribution in [3.8, 4) is 0 Å². The summed E-state index contributed by atoms with van der Waals surface area (Å²) >= 11 is 3.22. The fourth-order valence-electron chi connectivity index (χ4n) is 1.94. The summed E-state index contributed by atoms with van der Waals surface area (Å²) in [5, 5.41) is 3.22. The standard InChI is InChI=1S/C13H15BrFNO2/c14-9-1-2-12(15)11(7-9)13(17)8-18-10-3-5-16-6-4-10/h1-2,7,10,16H,3-6,8H2. The van der Waals surface area contributed by atoms with Gasteiger partial charge in [0.25, 0.3) is 0 Å². The van der Waals surface area contributed by atoms with Gasteiger partial charge < -0.3 is 10.1 Å². The zero-order chi connectivity index (χ0) is 13.0. The number of hydrogen-bond donors (Lipinski definition) is 1. The number of carbonyl (C=O) groups is 1. The minimum Gasteiger partial charge on any atom is -0.370 e. The predicted octanol–water partition coefficient (Wildman–Crippen LogP) is 2.54. The van der Waals surface area contributed by atoms with Gasteiger partial charge >= 0.3 is 0 Å². The normalized spacial score (nSPS) is 16.8. The number of carbonyl (C=O) groups excluding carboxylic acids is 1. The molecule has 3 nitrogen and oxygen atoms in total. The number of Topliss-reactive ketones (excluding diaryl/α,β-unsaturated/α-hetero) is 1. The lowest BCUT2D eigenvalue weighted by Crippen LogP contribution is -2.33. The number of halogens is 2. The van der Waals surface area contributed by atoms with E-state index >= 15 is 0 Å². The second-order valence-corrected chi connectivity index (χ2v) is 5.22. The third-order valence-corrected chi connectivity index (χ3v) is 3.46. The Bertz CT molecular complexity index is 433. The molecule has 0 aliphatic carbocycles. The van der Waals surface area contributed by atoms with Gasteiger partial charge in [-0.15, -0.1) is 0 Å². The number of hydrogen-bond acceptors (Lipinski definition) is 3. The summed E-state index contributed by atoms with van der Waals surface area (Å²) in [5.41, 5.74) is 0.0818. The van der Waals surface area contributed by atoms with Crippen molar-refractivity contribution in [3.05, 3.63) is 34.1 Å². The Morgan fingerprint density at radius 3 is 2.89 bits per heavy atom. The largest absolute Gasteiger partial charge is 0.370 e. The summed E-state index contributed by atoms with van der Waals surface area (Å²) in [6, 6.07) is 4.34. The van der Waals surface area contributed by atoms with Gasteiger partial charge in [-0.3, -0.25) is 4.79 Å². The number of ketones is 1. The van der Waals surface area contributed by atoms with Gasteiger partial charge in [0.15, 0.2) is 5.78 Å². The summed E-state index contributed by atoms with van der Waals surface area (Å²) in [5.74, 6) is -0.815. The summed E-state index contributed by atoms with van der Waals surface area (Å²) in [6.45, 7) is 1.76. The quantitative estimate of drug-likeness (QED) is 0.868. The van der Waals surface area contributed by atoms with Crippen LogP contribution in [0.4, 0.5) is 4.39 Å². The molecular formula is C13H15BrFNO2. The van der Waals surface area contributed by atoms with E-state index in [0.29, 0.717) is 4.47 Å². The van der Waals surface area contributed by atoms with Crippen LogP contribution >= 0.6 is 15.9 Å². The fraction of sp³-hybridized carbons (Fsp3) is 0.462. The SMILES string of the molecule is O=C(COC1CCNCC1)c1cc(Br)ccc1F. The van der Waals surface area contributed by atoms with Gasteiger partial charge in [-0.2, -0.15) is 0 Å². The summed E-state index contributed by atoms with van der Waals surface area (Å²) in [4.78, 5) is 11.9. The smallest absolute Gasteiger partial charge is 0.191 e. The second-order valence-electron chi connectivity index (χ2n) is 4.31. The third kappa shape index (κ3) is 3.60. The van der Waals surface area contributed by atoms with Crippen LogP contribution in [0.2, 0.25) is 0 Å². The molecule has 0 atom stereocenters. The van der Waals surface area contributed by atoms with Crippen LogP contribution < -0.4 is 5.32 Å². The van der Waals surface area contributed by atoms with Crippen molar-refractivity contribution in [2.75, 3.05) is 19.7 Å². The lowest BCUT2D eigenvalue weighted by atomic mass is 10.1. The Morgan fingerprint density at radius 2 is 2.17 bits per heavy atom. The van der Waals surface area contributed by atoms with Crippen molar-refractivity contribution >= 4 is 21.7 Å². The molecule has 1 aromatic carbocycles. The van der Waals surface area contributed by atoms with Crippen molar-refractivity contribution < 1.29 is 13.9 Å². The van der Waals surface area contributed by atoms with Gasteiger partial charge in [0.05, 0.1) is 11.7 Å². The van der Waals surface area contributed by atoms with Gasteiger partial charge in [0.2, 0.25) is 0 Å². The van der Waals surface area contributed by atoms with Gasteiger partial charge in [0, 0.05) is 4.47 Å². The lowest BCUT2D eigenvalue weighted by Gasteiger charge is -2.22. The van der Waals surface area contributed by atoms with Crippen molar-refractivity contribution in [1.82, 2.24) is 5.32 Å². The van der Waals surface area contributed by atoms with Crippen molar-refractivity contribution in [2.24, 2.45) is 0 Å². The van der Waals surface area contributed by atoms with Crippen LogP contribution in [0.5, 0.6) is 0 Å². The molecule has 1 fully saturated rings. The summed E-state index contributed by atoms with van der Waals surface area (Å²) < 4.78 is 19.7. The predicted molar refractivity (Wildman–Crippen MR) is 70.3 cm³/mol. The molecule has 1 aliphatic rings. The molecule has 1 N–H and O–H groups in total. The van der Waals surface area contributed by atoms with Gasteiger partial charge in [0.1, 0.15) is 12.4 Å². The van der Waals surface area contributed by atoms with E-state index in [9.17, 15) is 9.18 Å². The molecule has 1 aliphatic heterocycles. The number of ether oxygens (including phenoxy) is 1. The van der Waals surface area contributed by atoms with E-state index in [1.807, 2.05) is 0 Å². The molecule has 0 radical (unpaired) electrons. The van der Waals surface area contributed by atoms with E-state index in [2.05, 4.69) is 21.2 Å². The Kier molecular flexibility index (Phi) is 4.86. The van der Waals surface area contributed by atoms with Crippen molar-refractivity contribution in [2.45, 2.75) is 18.9 Å². The number of nitrogens with one attached hydrogen (secondary N) is 1. The lowest BCUT2D eigenvalue weighted by molar-refractivity contribution is 0.0315. The fourth-order valence-corrected chi connectivity index (χ4v) is 2.31. The first kappa shape index (κ1) is 13.6. The van der Waals surface area contributed by atoms with Crippen molar-refractivity contribution in [1.29, 1.82) is 0 Å². The highest BCUT2D eigenvalue weighted by atomic mass is 79.9. The van der Waals surface area contributed by atoms with Crippen LogP contribution in [-0.4, -0.2) is 31.6 Å². The van der Waals surface area contributed by atoms with Crippen LogP contribution in [0.25, 0.3) is 0 Å². The van der Waals surface area contributed by atoms with Crippen LogP contribution in [0.3, 0.4) is 0 Å². The molecule has 1 saturated heterocycles. The molecule has 0 unspecified atom stereocenters. The highest BCUT2D eigenvalue weighted by Gasteiger charge is 2.17. The Morgan fingerprint density at radius 1 is 1.44 bits per heavy atom. The topological polar surface area (TPSA) is 38.3 Å². The van der Waals surface area contributed by atoms with Crippen LogP contribution in [0.15, 0.2) is 22.7 Å². The van der Waals surface area contributed by atoms with E-state index in [4.69, 9.17) is 4.74 Å². The molecule has 0 bridgehead atoms. The first-order valence-electron chi connectivity index (χ1n) is 5.97. The second kappa shape index (κ2) is 6.41. The number of piperidine rings is 1. The maximum absolute atomic E-state index is 13.5. The third-order valence-electron chi connectivity index (χ3n) is 2.97. The highest BCUT2D eigenvalue weighted by Crippen LogP contribution is 2.17. The van der Waals surface area contributed by atoms with E-state index in [-0.39, 0.29) is 24.1 Å². The Balaban J connectivity index is 1.92. The average molecular weight is 316 g/mol. The van der Waals surface area contributed by atoms with Gasteiger partial charge in [-0.25, -0.2) is 4.39 Å².